The van der Waals surface area contributed by atoms with Gasteiger partial charge in [0.05, 0.1) is 0 Å². The highest BCUT2D eigenvalue weighted by Crippen LogP contribution is 2.32. The molecule has 0 unspecified atom stereocenters. The van der Waals surface area contributed by atoms with E-state index in [1.165, 1.54) is 11.8 Å². The summed E-state index contributed by atoms with van der Waals surface area (Å²) in [6.07, 6.45) is 5.60. The van der Waals surface area contributed by atoms with Crippen molar-refractivity contribution < 1.29 is 9.90 Å². The molecule has 3 heterocycles. The van der Waals surface area contributed by atoms with Gasteiger partial charge in [0.25, 0.3) is 0 Å². The molecule has 2 aromatic heterocycles. The number of piperidine rings is 1. The molecule has 0 bridgehead atoms. The molecule has 1 saturated heterocycles. The number of aromatic nitrogens is 4. The van der Waals surface area contributed by atoms with Gasteiger partial charge in [0.2, 0.25) is 17.8 Å². The number of carbonyl (C=O) groups is 1. The fourth-order valence-electron chi connectivity index (χ4n) is 3.71. The Bertz CT molecular complexity index is 1140. The second-order valence-electron chi connectivity index (χ2n) is 8.65. The van der Waals surface area contributed by atoms with E-state index in [4.69, 9.17) is 4.98 Å². The molecule has 1 aromatic carbocycles. The van der Waals surface area contributed by atoms with Crippen molar-refractivity contribution in [3.63, 3.8) is 0 Å². The van der Waals surface area contributed by atoms with Crippen molar-refractivity contribution in [1.82, 2.24) is 19.9 Å². The molecule has 5 rings (SSSR count). The lowest BCUT2D eigenvalue weighted by Gasteiger charge is -2.31. The molecule has 0 spiro atoms. The van der Waals surface area contributed by atoms with Gasteiger partial charge in [0, 0.05) is 47.3 Å². The number of rotatable bonds is 8. The van der Waals surface area contributed by atoms with Gasteiger partial charge in [-0.15, -0.1) is 11.3 Å². The maximum atomic E-state index is 12.0. The average molecular weight is 498 g/mol. The van der Waals surface area contributed by atoms with E-state index in [-0.39, 0.29) is 18.4 Å². The first-order valence-electron chi connectivity index (χ1n) is 11.5. The van der Waals surface area contributed by atoms with Gasteiger partial charge in [0.1, 0.15) is 0 Å². The number of amides is 1. The van der Waals surface area contributed by atoms with E-state index < -0.39 is 0 Å². The zero-order chi connectivity index (χ0) is 23.5. The lowest BCUT2D eigenvalue weighted by molar-refractivity contribution is -0.117. The summed E-state index contributed by atoms with van der Waals surface area (Å²) in [5.74, 6) is 1.69. The Morgan fingerprint density at radius 2 is 1.91 bits per heavy atom. The van der Waals surface area contributed by atoms with Crippen LogP contribution >= 0.6 is 23.1 Å². The van der Waals surface area contributed by atoms with E-state index in [1.54, 1.807) is 11.3 Å². The van der Waals surface area contributed by atoms with Crippen LogP contribution < -0.4 is 15.5 Å². The smallest absolute Gasteiger partial charge is 0.234 e. The topological polar surface area (TPSA) is 116 Å². The van der Waals surface area contributed by atoms with Crippen LogP contribution in [-0.4, -0.2) is 50.6 Å². The van der Waals surface area contributed by atoms with Crippen molar-refractivity contribution in [1.29, 1.82) is 0 Å². The third-order valence-corrected chi connectivity index (χ3v) is 7.58. The predicted octanol–water partition coefficient (Wildman–Crippen LogP) is 4.09. The first-order chi connectivity index (χ1) is 16.6. The van der Waals surface area contributed by atoms with E-state index >= 15 is 0 Å². The second-order valence-corrected chi connectivity index (χ2v) is 10.9. The van der Waals surface area contributed by atoms with Crippen LogP contribution in [0.4, 0.5) is 22.7 Å². The van der Waals surface area contributed by atoms with Crippen LogP contribution in [0.2, 0.25) is 0 Å². The highest BCUT2D eigenvalue weighted by atomic mass is 32.2. The second kappa shape index (κ2) is 10.2. The third kappa shape index (κ3) is 5.83. The summed E-state index contributed by atoms with van der Waals surface area (Å²) in [4.78, 5) is 34.6. The first kappa shape index (κ1) is 23.0. The zero-order valence-corrected chi connectivity index (χ0v) is 20.5. The molecule has 1 aliphatic heterocycles. The number of anilines is 4. The van der Waals surface area contributed by atoms with Crippen molar-refractivity contribution in [3.05, 3.63) is 35.3 Å². The maximum Gasteiger partial charge on any atom is 0.234 e. The number of hydrogen-bond acceptors (Lipinski definition) is 10. The normalized spacial score (nSPS) is 16.5. The maximum absolute atomic E-state index is 12.0. The number of nitrogens with zero attached hydrogens (tertiary/aromatic N) is 5. The van der Waals surface area contributed by atoms with Gasteiger partial charge in [0.15, 0.2) is 10.3 Å². The van der Waals surface area contributed by atoms with Gasteiger partial charge in [-0.2, -0.15) is 15.0 Å². The largest absolute Gasteiger partial charge is 0.396 e. The summed E-state index contributed by atoms with van der Waals surface area (Å²) in [5.41, 5.74) is 0.797. The molecule has 1 aliphatic carbocycles. The van der Waals surface area contributed by atoms with Gasteiger partial charge >= 0.3 is 0 Å². The predicted molar refractivity (Wildman–Crippen MR) is 134 cm³/mol. The van der Waals surface area contributed by atoms with Gasteiger partial charge in [-0.3, -0.25) is 10.1 Å². The number of benzene rings is 1. The van der Waals surface area contributed by atoms with Crippen LogP contribution in [0.5, 0.6) is 0 Å². The van der Waals surface area contributed by atoms with Crippen LogP contribution in [0.25, 0.3) is 0 Å². The molecule has 1 amide bonds. The molecule has 2 aliphatic rings. The number of aliphatic hydroxyl groups excluding tert-OH is 1. The summed E-state index contributed by atoms with van der Waals surface area (Å²) in [5, 5.41) is 17.0. The van der Waals surface area contributed by atoms with E-state index in [9.17, 15) is 9.90 Å². The van der Waals surface area contributed by atoms with Crippen LogP contribution in [-0.2, 0) is 4.79 Å². The average Bonchev–Trinajstić information content (AvgIpc) is 3.63. The van der Waals surface area contributed by atoms with Crippen molar-refractivity contribution in [2.45, 2.75) is 42.7 Å². The molecule has 2 fully saturated rings. The summed E-state index contributed by atoms with van der Waals surface area (Å²) >= 11 is 2.99. The van der Waals surface area contributed by atoms with E-state index in [0.717, 1.165) is 59.4 Å². The molecule has 11 heteroatoms. The SMILES string of the molecule is Cc1cnc(Nc2nc(Sc3ccc(NC(=O)C4CC4)cc3)nc(N3CCC(CO)CC3)n2)s1. The molecule has 3 N–H and O–H groups in total. The zero-order valence-electron chi connectivity index (χ0n) is 18.9. The van der Waals surface area contributed by atoms with Crippen molar-refractivity contribution in [3.8, 4) is 0 Å². The van der Waals surface area contributed by atoms with Crippen molar-refractivity contribution in [2.75, 3.05) is 35.2 Å². The minimum absolute atomic E-state index is 0.0978. The Morgan fingerprint density at radius 3 is 2.56 bits per heavy atom. The summed E-state index contributed by atoms with van der Waals surface area (Å²) in [6.45, 7) is 3.82. The summed E-state index contributed by atoms with van der Waals surface area (Å²) < 4.78 is 0. The Balaban J connectivity index is 1.34. The molecule has 1 saturated carbocycles. The Labute approximate surface area is 206 Å². The van der Waals surface area contributed by atoms with E-state index in [1.807, 2.05) is 37.4 Å². The third-order valence-electron chi connectivity index (χ3n) is 5.88. The van der Waals surface area contributed by atoms with Crippen molar-refractivity contribution in [2.24, 2.45) is 11.8 Å². The highest BCUT2D eigenvalue weighted by Gasteiger charge is 2.29. The van der Waals surface area contributed by atoms with Gasteiger partial charge in [-0.1, -0.05) is 0 Å². The van der Waals surface area contributed by atoms with Gasteiger partial charge in [-0.25, -0.2) is 4.98 Å². The van der Waals surface area contributed by atoms with Gasteiger partial charge < -0.3 is 15.3 Å². The quantitative estimate of drug-likeness (QED) is 0.423. The van der Waals surface area contributed by atoms with Crippen LogP contribution in [0, 0.1) is 18.8 Å². The molecule has 178 valence electrons. The van der Waals surface area contributed by atoms with Gasteiger partial charge in [-0.05, 0) is 74.6 Å². The number of aryl methyl sites for hydroxylation is 1. The Hall–Kier alpha value is -2.76. The molecular formula is C23H27N7O2S2. The number of hydrogen-bond donors (Lipinski definition) is 3. The molecule has 34 heavy (non-hydrogen) atoms. The fraction of sp³-hybridized carbons (Fsp3) is 0.435. The molecule has 3 aromatic rings. The lowest BCUT2D eigenvalue weighted by atomic mass is 9.98. The number of thiazole rings is 1. The highest BCUT2D eigenvalue weighted by molar-refractivity contribution is 7.99. The van der Waals surface area contributed by atoms with Crippen LogP contribution in [0.15, 0.2) is 40.5 Å². The van der Waals surface area contributed by atoms with E-state index in [2.05, 4.69) is 30.5 Å². The Morgan fingerprint density at radius 1 is 1.15 bits per heavy atom. The van der Waals surface area contributed by atoms with Crippen LogP contribution in [0.3, 0.4) is 0 Å². The molecule has 0 atom stereocenters. The van der Waals surface area contributed by atoms with Crippen molar-refractivity contribution >= 4 is 51.7 Å². The Kier molecular flexibility index (Phi) is 6.93. The number of nitrogens with one attached hydrogen (secondary N) is 2. The van der Waals surface area contributed by atoms with E-state index in [0.29, 0.717) is 23.0 Å². The molecule has 0 radical (unpaired) electrons. The summed E-state index contributed by atoms with van der Waals surface area (Å²) in [7, 11) is 0. The first-order valence-corrected chi connectivity index (χ1v) is 13.1. The minimum Gasteiger partial charge on any atom is -0.396 e. The minimum atomic E-state index is 0.0978. The standard InChI is InChI=1S/C23H27N7O2S2/c1-14-12-24-22(33-14)27-20-26-21(30-10-8-15(13-31)9-11-30)29-23(28-20)34-18-6-4-17(5-7-18)25-19(32)16-2-3-16/h4-7,12,15-16,31H,2-3,8-11,13H2,1H3,(H,25,32)(H,24,26,27,28,29). The monoisotopic (exact) mass is 497 g/mol. The molecule has 9 nitrogen and oxygen atoms in total. The van der Waals surface area contributed by atoms with Crippen LogP contribution in [0.1, 0.15) is 30.6 Å². The number of aliphatic hydroxyl groups is 1. The molecular weight excluding hydrogens is 470 g/mol. The summed E-state index contributed by atoms with van der Waals surface area (Å²) in [6, 6.07) is 7.73. The lowest BCUT2D eigenvalue weighted by Crippen LogP contribution is -2.36. The number of carbonyl (C=O) groups excluding carboxylic acids is 1. The fourth-order valence-corrected chi connectivity index (χ4v) is 5.11.